The van der Waals surface area contributed by atoms with Crippen LogP contribution in [0, 0.1) is 0 Å². The number of para-hydroxylation sites is 1. The van der Waals surface area contributed by atoms with Crippen LogP contribution in [-0.2, 0) is 20.7 Å². The zero-order chi connectivity index (χ0) is 44.2. The third kappa shape index (κ3) is 8.55. The molecule has 13 nitrogen and oxygen atoms in total. The quantitative estimate of drug-likeness (QED) is 0.0851. The van der Waals surface area contributed by atoms with Gasteiger partial charge >= 0.3 is 6.09 Å². The molecular formula is C51H55N9O4. The highest BCUT2D eigenvalue weighted by Crippen LogP contribution is 2.37. The molecule has 2 fully saturated rings. The van der Waals surface area contributed by atoms with Gasteiger partial charge in [0.25, 0.3) is 0 Å². The number of fused-ring (bicyclic) bond motifs is 1. The molecule has 13 heteroatoms. The van der Waals surface area contributed by atoms with Crippen molar-refractivity contribution in [1.29, 1.82) is 0 Å². The Morgan fingerprint density at radius 3 is 1.81 bits per heavy atom. The van der Waals surface area contributed by atoms with E-state index in [9.17, 15) is 14.4 Å². The zero-order valence-corrected chi connectivity index (χ0v) is 36.6. The smallest absolute Gasteiger partial charge is 0.407 e. The van der Waals surface area contributed by atoms with Crippen molar-refractivity contribution in [3.05, 3.63) is 144 Å². The van der Waals surface area contributed by atoms with E-state index in [1.165, 1.54) is 7.11 Å². The highest BCUT2D eigenvalue weighted by molar-refractivity contribution is 5.89. The second-order valence-corrected chi connectivity index (χ2v) is 16.7. The van der Waals surface area contributed by atoms with E-state index in [2.05, 4.69) is 99.7 Å². The van der Waals surface area contributed by atoms with Crippen LogP contribution in [0.2, 0.25) is 0 Å². The molecule has 3 aromatic heterocycles. The van der Waals surface area contributed by atoms with E-state index in [-0.39, 0.29) is 29.9 Å². The first-order valence-corrected chi connectivity index (χ1v) is 22.4. The van der Waals surface area contributed by atoms with Crippen LogP contribution in [0.5, 0.6) is 0 Å². The molecular weight excluding hydrogens is 803 g/mol. The number of imidazole rings is 2. The molecule has 0 aliphatic carbocycles. The Hall–Kier alpha value is -6.99. The van der Waals surface area contributed by atoms with Crippen molar-refractivity contribution in [3.8, 4) is 33.6 Å². The van der Waals surface area contributed by atoms with Crippen molar-refractivity contribution in [2.45, 2.75) is 70.1 Å². The Balaban J connectivity index is 0.858. The standard InChI is InChI=1S/C51H55N9O4/c1-4-58(5-2)46(37-13-7-6-8-14-37)50(62)60-28-12-18-45(60)48-54-32-43(56-48)36-25-21-34(22-26-36)33-19-23-35(24-20-33)42-31-53-47(55-42)44-17-11-27-59(44)49(61)41(57-51(63)64-3)29-38-30-52-40-16-10-9-15-39(38)40/h6-10,13-16,19-26,30-32,41,44-46,52H,4-5,11-12,17-18,27-29H2,1-3H3,(H,53,55)(H,54,56)(H,57,63)/t41-,44-,45-,46+/m0/s1. The highest BCUT2D eigenvalue weighted by atomic mass is 16.5. The molecule has 0 spiro atoms. The van der Waals surface area contributed by atoms with Crippen LogP contribution in [0.4, 0.5) is 4.79 Å². The molecule has 2 aliphatic rings. The second kappa shape index (κ2) is 18.8. The van der Waals surface area contributed by atoms with Crippen molar-refractivity contribution in [3.63, 3.8) is 0 Å². The van der Waals surface area contributed by atoms with Crippen molar-refractivity contribution in [2.24, 2.45) is 0 Å². The number of hydrogen-bond donors (Lipinski definition) is 4. The van der Waals surface area contributed by atoms with Crippen molar-refractivity contribution < 1.29 is 19.1 Å². The Labute approximate surface area is 373 Å². The molecule has 0 radical (unpaired) electrons. The fraction of sp³-hybridized carbons (Fsp3) is 0.314. The van der Waals surface area contributed by atoms with Gasteiger partial charge in [-0.3, -0.25) is 14.5 Å². The van der Waals surface area contributed by atoms with E-state index >= 15 is 0 Å². The maximum absolute atomic E-state index is 14.3. The number of likely N-dealkylation sites (tertiary alicyclic amines) is 2. The number of aromatic amines is 3. The summed E-state index contributed by atoms with van der Waals surface area (Å²) in [4.78, 5) is 66.9. The number of nitrogens with zero attached hydrogens (tertiary/aromatic N) is 5. The van der Waals surface area contributed by atoms with E-state index in [4.69, 9.17) is 14.7 Å². The number of alkyl carbamates (subject to hydrolysis) is 1. The van der Waals surface area contributed by atoms with Crippen LogP contribution in [0.15, 0.2) is 122 Å². The maximum atomic E-state index is 14.3. The Morgan fingerprint density at radius 1 is 0.719 bits per heavy atom. The summed E-state index contributed by atoms with van der Waals surface area (Å²) in [5.74, 6) is 1.50. The molecule has 2 aliphatic heterocycles. The number of amides is 3. The van der Waals surface area contributed by atoms with Gasteiger partial charge < -0.3 is 34.8 Å². The molecule has 0 saturated carbocycles. The number of likely N-dealkylation sites (N-methyl/N-ethyl adjacent to an activating group) is 1. The molecule has 7 aromatic rings. The van der Waals surface area contributed by atoms with Crippen molar-refractivity contribution >= 4 is 28.8 Å². The third-order valence-corrected chi connectivity index (χ3v) is 13.0. The molecule has 328 valence electrons. The number of H-pyrrole nitrogens is 3. The molecule has 5 heterocycles. The minimum absolute atomic E-state index is 0.101. The molecule has 64 heavy (non-hydrogen) atoms. The summed E-state index contributed by atoms with van der Waals surface area (Å²) in [5.41, 5.74) is 8.88. The van der Waals surface area contributed by atoms with Gasteiger partial charge in [0, 0.05) is 36.6 Å². The van der Waals surface area contributed by atoms with Crippen molar-refractivity contribution in [2.75, 3.05) is 33.3 Å². The Bertz CT molecular complexity index is 2700. The summed E-state index contributed by atoms with van der Waals surface area (Å²) in [6, 6.07) is 33.3. The van der Waals surface area contributed by atoms with Crippen LogP contribution in [0.3, 0.4) is 0 Å². The third-order valence-electron chi connectivity index (χ3n) is 13.0. The number of carbonyl (C=O) groups excluding carboxylic acids is 3. The van der Waals surface area contributed by atoms with E-state index in [1.54, 1.807) is 0 Å². The van der Waals surface area contributed by atoms with Crippen molar-refractivity contribution in [1.82, 2.24) is 44.9 Å². The summed E-state index contributed by atoms with van der Waals surface area (Å²) >= 11 is 0. The zero-order valence-electron chi connectivity index (χ0n) is 36.6. The summed E-state index contributed by atoms with van der Waals surface area (Å²) in [6.45, 7) is 7.07. The average molecular weight is 858 g/mol. The van der Waals surface area contributed by atoms with Gasteiger partial charge in [0.15, 0.2) is 0 Å². The number of methoxy groups -OCH3 is 1. The largest absolute Gasteiger partial charge is 0.453 e. The fourth-order valence-electron chi connectivity index (χ4n) is 9.63. The lowest BCUT2D eigenvalue weighted by atomic mass is 10.0. The van der Waals surface area contributed by atoms with Gasteiger partial charge in [-0.1, -0.05) is 111 Å². The van der Waals surface area contributed by atoms with Gasteiger partial charge in [-0.15, -0.1) is 0 Å². The topological polar surface area (TPSA) is 155 Å². The van der Waals surface area contributed by atoms with Crippen LogP contribution in [0.1, 0.15) is 80.4 Å². The summed E-state index contributed by atoms with van der Waals surface area (Å²) in [5, 5.41) is 3.81. The lowest BCUT2D eigenvalue weighted by Gasteiger charge is -2.34. The van der Waals surface area contributed by atoms with Crippen LogP contribution in [0.25, 0.3) is 44.5 Å². The SMILES string of the molecule is CCN(CC)[C@@H](C(=O)N1CCC[C@H]1c1ncc(-c2ccc(-c3ccc(-c4cnc([C@@H]5CCCN5C(=O)[C@H](Cc5c[nH]c6ccccc56)NC(=O)OC)[nH]4)cc3)cc2)[nH]1)c1ccccc1. The summed E-state index contributed by atoms with van der Waals surface area (Å²) in [7, 11) is 1.30. The van der Waals surface area contributed by atoms with Crippen LogP contribution < -0.4 is 5.32 Å². The number of carbonyl (C=O) groups is 3. The van der Waals surface area contributed by atoms with E-state index in [1.807, 2.05) is 70.9 Å². The molecule has 9 rings (SSSR count). The lowest BCUT2D eigenvalue weighted by Crippen LogP contribution is -2.49. The predicted octanol–water partition coefficient (Wildman–Crippen LogP) is 8.99. The number of rotatable bonds is 14. The van der Waals surface area contributed by atoms with Gasteiger partial charge in [0.05, 0.1) is 43.0 Å². The van der Waals surface area contributed by atoms with Gasteiger partial charge in [-0.05, 0) is 78.2 Å². The summed E-state index contributed by atoms with van der Waals surface area (Å²) in [6.07, 6.45) is 8.66. The Kier molecular flexibility index (Phi) is 12.4. The predicted molar refractivity (Wildman–Crippen MR) is 248 cm³/mol. The number of benzene rings is 4. The van der Waals surface area contributed by atoms with E-state index in [0.29, 0.717) is 19.5 Å². The minimum Gasteiger partial charge on any atom is -0.453 e. The van der Waals surface area contributed by atoms with E-state index in [0.717, 1.165) is 106 Å². The monoisotopic (exact) mass is 857 g/mol. The number of nitrogens with one attached hydrogen (secondary N) is 4. The van der Waals surface area contributed by atoms with Gasteiger partial charge in [0.2, 0.25) is 11.8 Å². The first kappa shape index (κ1) is 42.3. The van der Waals surface area contributed by atoms with Gasteiger partial charge in [-0.2, -0.15) is 0 Å². The second-order valence-electron chi connectivity index (χ2n) is 16.7. The normalized spacial score (nSPS) is 17.2. The van der Waals surface area contributed by atoms with Crippen LogP contribution in [-0.4, -0.2) is 96.9 Å². The molecule has 4 N–H and O–H groups in total. The summed E-state index contributed by atoms with van der Waals surface area (Å²) < 4.78 is 4.91. The number of aromatic nitrogens is 5. The van der Waals surface area contributed by atoms with Gasteiger partial charge in [-0.25, -0.2) is 14.8 Å². The van der Waals surface area contributed by atoms with Gasteiger partial charge in [0.1, 0.15) is 23.7 Å². The molecule has 0 unspecified atom stereocenters. The number of hydrogen-bond acceptors (Lipinski definition) is 7. The Morgan fingerprint density at radius 2 is 1.25 bits per heavy atom. The maximum Gasteiger partial charge on any atom is 0.407 e. The molecule has 2 saturated heterocycles. The average Bonchev–Trinajstić information content (AvgIpc) is 4.21. The fourth-order valence-corrected chi connectivity index (χ4v) is 9.63. The molecule has 4 atom stereocenters. The van der Waals surface area contributed by atoms with E-state index < -0.39 is 12.1 Å². The highest BCUT2D eigenvalue weighted by Gasteiger charge is 2.39. The molecule has 0 bridgehead atoms. The first-order valence-electron chi connectivity index (χ1n) is 22.4. The molecule has 3 amide bonds. The van der Waals surface area contributed by atoms with Crippen LogP contribution >= 0.6 is 0 Å². The number of ether oxygens (including phenoxy) is 1. The minimum atomic E-state index is -0.809. The lowest BCUT2D eigenvalue weighted by molar-refractivity contribution is -0.138. The first-order chi connectivity index (χ1) is 31.3. The molecule has 4 aromatic carbocycles.